The van der Waals surface area contributed by atoms with Crippen molar-refractivity contribution in [2.45, 2.75) is 31.5 Å². The quantitative estimate of drug-likeness (QED) is 0.893. The van der Waals surface area contributed by atoms with E-state index in [-0.39, 0.29) is 6.10 Å². The minimum absolute atomic E-state index is 0.109. The lowest BCUT2D eigenvalue weighted by Crippen LogP contribution is -2.32. The van der Waals surface area contributed by atoms with Crippen LogP contribution in [-0.4, -0.2) is 24.4 Å². The molecule has 0 bridgehead atoms. The highest BCUT2D eigenvalue weighted by Gasteiger charge is 2.36. The van der Waals surface area contributed by atoms with Crippen molar-refractivity contribution in [2.75, 3.05) is 7.11 Å². The van der Waals surface area contributed by atoms with E-state index < -0.39 is 6.10 Å². The van der Waals surface area contributed by atoms with Crippen LogP contribution < -0.4 is 0 Å². The van der Waals surface area contributed by atoms with E-state index in [4.69, 9.17) is 27.9 Å². The highest BCUT2D eigenvalue weighted by Crippen LogP contribution is 2.37. The van der Waals surface area contributed by atoms with Crippen LogP contribution in [0.2, 0.25) is 10.0 Å². The largest absolute Gasteiger partial charge is 0.390 e. The Kier molecular flexibility index (Phi) is 4.31. The SMILES string of the molecule is COC(C(O)Cc1c(Cl)cccc1Cl)C1CC1. The van der Waals surface area contributed by atoms with Gasteiger partial charge in [0.2, 0.25) is 0 Å². The van der Waals surface area contributed by atoms with Gasteiger partial charge in [-0.05, 0) is 36.5 Å². The third-order valence-electron chi connectivity index (χ3n) is 3.21. The standard InChI is InChI=1S/C13H16Cl2O2/c1-17-13(8-5-6-8)12(16)7-9-10(14)3-2-4-11(9)15/h2-4,8,12-13,16H,5-7H2,1H3. The molecule has 0 aromatic heterocycles. The fourth-order valence-corrected chi connectivity index (χ4v) is 2.69. The van der Waals surface area contributed by atoms with Crippen LogP contribution in [0.4, 0.5) is 0 Å². The molecule has 1 saturated carbocycles. The number of hydrogen-bond acceptors (Lipinski definition) is 2. The normalized spacial score (nSPS) is 19.1. The maximum atomic E-state index is 10.2. The second-order valence-electron chi connectivity index (χ2n) is 4.51. The fourth-order valence-electron chi connectivity index (χ4n) is 2.14. The smallest absolute Gasteiger partial charge is 0.0861 e. The number of benzene rings is 1. The summed E-state index contributed by atoms with van der Waals surface area (Å²) in [5.41, 5.74) is 0.797. The van der Waals surface area contributed by atoms with Gasteiger partial charge in [-0.3, -0.25) is 0 Å². The molecule has 4 heteroatoms. The molecule has 2 atom stereocenters. The summed E-state index contributed by atoms with van der Waals surface area (Å²) in [7, 11) is 1.64. The number of ether oxygens (including phenoxy) is 1. The van der Waals surface area contributed by atoms with Gasteiger partial charge in [0, 0.05) is 23.6 Å². The first kappa shape index (κ1) is 13.2. The molecule has 0 saturated heterocycles. The first-order valence-electron chi connectivity index (χ1n) is 5.77. The maximum Gasteiger partial charge on any atom is 0.0861 e. The second kappa shape index (κ2) is 5.57. The van der Waals surface area contributed by atoms with E-state index in [0.717, 1.165) is 18.4 Å². The molecule has 2 nitrogen and oxygen atoms in total. The lowest BCUT2D eigenvalue weighted by molar-refractivity contribution is -0.0237. The van der Waals surface area contributed by atoms with E-state index in [2.05, 4.69) is 0 Å². The number of aliphatic hydroxyl groups is 1. The van der Waals surface area contributed by atoms with Crippen molar-refractivity contribution in [3.8, 4) is 0 Å². The predicted octanol–water partition coefficient (Wildman–Crippen LogP) is 3.32. The van der Waals surface area contributed by atoms with E-state index in [9.17, 15) is 5.11 Å². The van der Waals surface area contributed by atoms with Crippen molar-refractivity contribution in [2.24, 2.45) is 5.92 Å². The van der Waals surface area contributed by atoms with Crippen LogP contribution in [0.3, 0.4) is 0 Å². The average Bonchev–Trinajstić information content (AvgIpc) is 3.09. The Morgan fingerprint density at radius 1 is 1.35 bits per heavy atom. The Labute approximate surface area is 111 Å². The number of halogens is 2. The van der Waals surface area contributed by atoms with Crippen LogP contribution in [0.15, 0.2) is 18.2 Å². The van der Waals surface area contributed by atoms with Crippen LogP contribution in [0.1, 0.15) is 18.4 Å². The molecule has 94 valence electrons. The van der Waals surface area contributed by atoms with Crippen LogP contribution in [0.5, 0.6) is 0 Å². The maximum absolute atomic E-state index is 10.2. The van der Waals surface area contributed by atoms with Gasteiger partial charge in [0.05, 0.1) is 12.2 Å². The second-order valence-corrected chi connectivity index (χ2v) is 5.32. The predicted molar refractivity (Wildman–Crippen MR) is 69.7 cm³/mol. The van der Waals surface area contributed by atoms with Crippen LogP contribution in [0.25, 0.3) is 0 Å². The minimum Gasteiger partial charge on any atom is -0.390 e. The van der Waals surface area contributed by atoms with Crippen molar-refractivity contribution in [1.29, 1.82) is 0 Å². The molecule has 1 aromatic rings. The van der Waals surface area contributed by atoms with E-state index >= 15 is 0 Å². The first-order chi connectivity index (χ1) is 8.13. The summed E-state index contributed by atoms with van der Waals surface area (Å²) in [5, 5.41) is 11.4. The molecule has 0 spiro atoms. The Hall–Kier alpha value is -0.280. The molecule has 2 rings (SSSR count). The summed E-state index contributed by atoms with van der Waals surface area (Å²) < 4.78 is 5.35. The molecule has 0 aliphatic heterocycles. The van der Waals surface area contributed by atoms with E-state index in [1.165, 1.54) is 0 Å². The fraction of sp³-hybridized carbons (Fsp3) is 0.538. The van der Waals surface area contributed by atoms with E-state index in [0.29, 0.717) is 22.4 Å². The average molecular weight is 275 g/mol. The summed E-state index contributed by atoms with van der Waals surface area (Å²) in [6.07, 6.45) is 2.04. The van der Waals surface area contributed by atoms with Crippen LogP contribution >= 0.6 is 23.2 Å². The van der Waals surface area contributed by atoms with Gasteiger partial charge in [0.25, 0.3) is 0 Å². The summed E-state index contributed by atoms with van der Waals surface area (Å²) >= 11 is 12.2. The Bertz CT molecular complexity index is 371. The summed E-state index contributed by atoms with van der Waals surface area (Å²) in [4.78, 5) is 0. The Morgan fingerprint density at radius 3 is 2.41 bits per heavy atom. The van der Waals surface area contributed by atoms with E-state index in [1.54, 1.807) is 25.3 Å². The molecule has 2 unspecified atom stereocenters. The number of rotatable bonds is 5. The molecule has 0 amide bonds. The number of hydrogen-bond donors (Lipinski definition) is 1. The molecule has 1 aromatic carbocycles. The van der Waals surface area contributed by atoms with Gasteiger partial charge in [-0.1, -0.05) is 29.3 Å². The highest BCUT2D eigenvalue weighted by atomic mass is 35.5. The lowest BCUT2D eigenvalue weighted by Gasteiger charge is -2.22. The van der Waals surface area contributed by atoms with Crippen molar-refractivity contribution >= 4 is 23.2 Å². The molecule has 17 heavy (non-hydrogen) atoms. The summed E-state index contributed by atoms with van der Waals surface area (Å²) in [6, 6.07) is 5.37. The molecule has 1 N–H and O–H groups in total. The van der Waals surface area contributed by atoms with Gasteiger partial charge in [-0.25, -0.2) is 0 Å². The topological polar surface area (TPSA) is 29.5 Å². The first-order valence-corrected chi connectivity index (χ1v) is 6.53. The van der Waals surface area contributed by atoms with Crippen molar-refractivity contribution in [3.05, 3.63) is 33.8 Å². The van der Waals surface area contributed by atoms with Crippen molar-refractivity contribution in [1.82, 2.24) is 0 Å². The number of methoxy groups -OCH3 is 1. The molecule has 0 radical (unpaired) electrons. The zero-order chi connectivity index (χ0) is 12.4. The van der Waals surface area contributed by atoms with Gasteiger partial charge >= 0.3 is 0 Å². The highest BCUT2D eigenvalue weighted by molar-refractivity contribution is 6.35. The van der Waals surface area contributed by atoms with E-state index in [1.807, 2.05) is 0 Å². The molecule has 1 aliphatic rings. The molecular formula is C13H16Cl2O2. The van der Waals surface area contributed by atoms with Crippen molar-refractivity contribution < 1.29 is 9.84 Å². The number of aliphatic hydroxyl groups excluding tert-OH is 1. The molecular weight excluding hydrogens is 259 g/mol. The summed E-state index contributed by atoms with van der Waals surface area (Å²) in [5.74, 6) is 0.483. The monoisotopic (exact) mass is 274 g/mol. The minimum atomic E-state index is -0.551. The third-order valence-corrected chi connectivity index (χ3v) is 3.92. The van der Waals surface area contributed by atoms with Gasteiger partial charge in [0.15, 0.2) is 0 Å². The molecule has 0 heterocycles. The summed E-state index contributed by atoms with van der Waals surface area (Å²) in [6.45, 7) is 0. The third kappa shape index (κ3) is 3.14. The van der Waals surface area contributed by atoms with Gasteiger partial charge in [0.1, 0.15) is 0 Å². The van der Waals surface area contributed by atoms with Gasteiger partial charge in [-0.15, -0.1) is 0 Å². The molecule has 1 aliphatic carbocycles. The van der Waals surface area contributed by atoms with Crippen LogP contribution in [-0.2, 0) is 11.2 Å². The Balaban J connectivity index is 2.08. The Morgan fingerprint density at radius 2 is 1.94 bits per heavy atom. The zero-order valence-corrected chi connectivity index (χ0v) is 11.2. The zero-order valence-electron chi connectivity index (χ0n) is 9.70. The van der Waals surface area contributed by atoms with Gasteiger partial charge in [-0.2, -0.15) is 0 Å². The van der Waals surface area contributed by atoms with Gasteiger partial charge < -0.3 is 9.84 Å². The molecule has 1 fully saturated rings. The van der Waals surface area contributed by atoms with Crippen molar-refractivity contribution in [3.63, 3.8) is 0 Å². The lowest BCUT2D eigenvalue weighted by atomic mass is 10.0. The van der Waals surface area contributed by atoms with Crippen LogP contribution in [0, 0.1) is 5.92 Å².